The Kier molecular flexibility index (Phi) is 4.63. The molecule has 112 valence electrons. The van der Waals surface area contributed by atoms with Crippen molar-refractivity contribution in [2.45, 2.75) is 26.3 Å². The highest BCUT2D eigenvalue weighted by atomic mass is 35.5. The van der Waals surface area contributed by atoms with E-state index >= 15 is 0 Å². The minimum Gasteiger partial charge on any atom is -0.346 e. The number of hydrogen-bond acceptors (Lipinski definition) is 2. The standard InChI is InChI=1S/C15H17ClFN3O/c1-9(2)14-7-13(19-20(14)3)15(21)18-8-10-11(16)5-4-6-12(10)17/h4-7,9H,8H2,1-3H3,(H,18,21). The molecule has 0 saturated carbocycles. The van der Waals surface area contributed by atoms with Crippen LogP contribution in [0.1, 0.15) is 41.5 Å². The monoisotopic (exact) mass is 309 g/mol. The molecule has 0 radical (unpaired) electrons. The molecule has 0 aliphatic carbocycles. The summed E-state index contributed by atoms with van der Waals surface area (Å²) in [5, 5.41) is 7.09. The molecule has 2 aromatic rings. The van der Waals surface area contributed by atoms with Crippen molar-refractivity contribution < 1.29 is 9.18 Å². The van der Waals surface area contributed by atoms with E-state index in [-0.39, 0.29) is 23.9 Å². The van der Waals surface area contributed by atoms with Gasteiger partial charge in [-0.1, -0.05) is 31.5 Å². The third-order valence-electron chi connectivity index (χ3n) is 3.23. The summed E-state index contributed by atoms with van der Waals surface area (Å²) in [6.07, 6.45) is 0. The summed E-state index contributed by atoms with van der Waals surface area (Å²) < 4.78 is 15.3. The molecule has 0 atom stereocenters. The van der Waals surface area contributed by atoms with Gasteiger partial charge in [-0.2, -0.15) is 5.10 Å². The smallest absolute Gasteiger partial charge is 0.272 e. The van der Waals surface area contributed by atoms with E-state index in [0.717, 1.165) is 5.69 Å². The highest BCUT2D eigenvalue weighted by Gasteiger charge is 2.15. The molecule has 0 fully saturated rings. The van der Waals surface area contributed by atoms with Crippen LogP contribution in [0.2, 0.25) is 5.02 Å². The quantitative estimate of drug-likeness (QED) is 0.942. The Balaban J connectivity index is 2.10. The van der Waals surface area contributed by atoms with Crippen molar-refractivity contribution in [2.24, 2.45) is 7.05 Å². The van der Waals surface area contributed by atoms with Crippen LogP contribution >= 0.6 is 11.6 Å². The van der Waals surface area contributed by atoms with Gasteiger partial charge < -0.3 is 5.32 Å². The summed E-state index contributed by atoms with van der Waals surface area (Å²) in [7, 11) is 1.79. The number of amides is 1. The fourth-order valence-corrected chi connectivity index (χ4v) is 2.32. The molecule has 1 aromatic heterocycles. The lowest BCUT2D eigenvalue weighted by Crippen LogP contribution is -2.24. The van der Waals surface area contributed by atoms with E-state index in [0.29, 0.717) is 10.7 Å². The number of carbonyl (C=O) groups excluding carboxylic acids is 1. The normalized spacial score (nSPS) is 11.0. The van der Waals surface area contributed by atoms with Crippen LogP contribution in [0.3, 0.4) is 0 Å². The maximum Gasteiger partial charge on any atom is 0.272 e. The molecule has 4 nitrogen and oxygen atoms in total. The van der Waals surface area contributed by atoms with Gasteiger partial charge in [0.05, 0.1) is 0 Å². The first-order valence-electron chi connectivity index (χ1n) is 6.65. The second-order valence-electron chi connectivity index (χ2n) is 5.12. The van der Waals surface area contributed by atoms with Crippen molar-refractivity contribution in [2.75, 3.05) is 0 Å². The molecule has 0 aliphatic heterocycles. The number of carbonyl (C=O) groups is 1. The Labute approximate surface area is 127 Å². The van der Waals surface area contributed by atoms with Crippen LogP contribution in [0.25, 0.3) is 0 Å². The van der Waals surface area contributed by atoms with Gasteiger partial charge in [-0.05, 0) is 24.1 Å². The van der Waals surface area contributed by atoms with Crippen LogP contribution in [0.5, 0.6) is 0 Å². The fraction of sp³-hybridized carbons (Fsp3) is 0.333. The Morgan fingerprint density at radius 3 is 2.76 bits per heavy atom. The van der Waals surface area contributed by atoms with Gasteiger partial charge >= 0.3 is 0 Å². The Hall–Kier alpha value is -1.88. The van der Waals surface area contributed by atoms with Gasteiger partial charge in [-0.3, -0.25) is 9.48 Å². The Morgan fingerprint density at radius 2 is 2.19 bits per heavy atom. The van der Waals surface area contributed by atoms with Crippen LogP contribution in [-0.2, 0) is 13.6 Å². The average Bonchev–Trinajstić information content (AvgIpc) is 2.80. The number of aromatic nitrogens is 2. The fourth-order valence-electron chi connectivity index (χ4n) is 2.09. The maximum atomic E-state index is 13.6. The highest BCUT2D eigenvalue weighted by Crippen LogP contribution is 2.19. The first-order valence-corrected chi connectivity index (χ1v) is 7.03. The van der Waals surface area contributed by atoms with E-state index in [1.54, 1.807) is 23.9 Å². The molecule has 0 spiro atoms. The largest absolute Gasteiger partial charge is 0.346 e. The van der Waals surface area contributed by atoms with Crippen molar-refractivity contribution >= 4 is 17.5 Å². The third kappa shape index (κ3) is 3.42. The zero-order valence-corrected chi connectivity index (χ0v) is 12.9. The van der Waals surface area contributed by atoms with Crippen LogP contribution in [0.4, 0.5) is 4.39 Å². The van der Waals surface area contributed by atoms with Crippen LogP contribution in [0, 0.1) is 5.82 Å². The van der Waals surface area contributed by atoms with E-state index in [1.165, 1.54) is 12.1 Å². The number of halogens is 2. The molecule has 0 aliphatic rings. The molecule has 1 aromatic carbocycles. The molecule has 6 heteroatoms. The number of rotatable bonds is 4. The molecule has 21 heavy (non-hydrogen) atoms. The molecular weight excluding hydrogens is 293 g/mol. The van der Waals surface area contributed by atoms with Gasteiger partial charge in [0.2, 0.25) is 0 Å². The second-order valence-corrected chi connectivity index (χ2v) is 5.52. The summed E-state index contributed by atoms with van der Waals surface area (Å²) in [4.78, 5) is 12.1. The molecule has 0 bridgehead atoms. The number of hydrogen-bond donors (Lipinski definition) is 1. The topological polar surface area (TPSA) is 46.9 Å². The van der Waals surface area contributed by atoms with E-state index < -0.39 is 5.82 Å². The number of nitrogens with zero attached hydrogens (tertiary/aromatic N) is 2. The summed E-state index contributed by atoms with van der Waals surface area (Å²) in [6.45, 7) is 4.08. The van der Waals surface area contributed by atoms with E-state index in [9.17, 15) is 9.18 Å². The van der Waals surface area contributed by atoms with Crippen molar-refractivity contribution in [1.82, 2.24) is 15.1 Å². The van der Waals surface area contributed by atoms with Crippen molar-refractivity contribution in [3.05, 3.63) is 52.1 Å². The number of nitrogens with one attached hydrogen (secondary N) is 1. The molecule has 1 amide bonds. The number of benzene rings is 1. The van der Waals surface area contributed by atoms with E-state index in [4.69, 9.17) is 11.6 Å². The molecule has 2 rings (SSSR count). The minimum absolute atomic E-state index is 0.0257. The van der Waals surface area contributed by atoms with Gasteiger partial charge in [0.15, 0.2) is 0 Å². The van der Waals surface area contributed by atoms with Gasteiger partial charge in [0, 0.05) is 29.9 Å². The molecule has 0 saturated heterocycles. The first-order chi connectivity index (χ1) is 9.90. The predicted molar refractivity (Wildman–Crippen MR) is 79.9 cm³/mol. The summed E-state index contributed by atoms with van der Waals surface area (Å²) in [6, 6.07) is 6.16. The first kappa shape index (κ1) is 15.5. The molecule has 0 unspecified atom stereocenters. The van der Waals surface area contributed by atoms with Crippen LogP contribution in [-0.4, -0.2) is 15.7 Å². The molecule has 1 N–H and O–H groups in total. The summed E-state index contributed by atoms with van der Waals surface area (Å²) in [5.74, 6) is -0.520. The van der Waals surface area contributed by atoms with Crippen molar-refractivity contribution in [1.29, 1.82) is 0 Å². The van der Waals surface area contributed by atoms with Gasteiger partial charge in [-0.15, -0.1) is 0 Å². The van der Waals surface area contributed by atoms with Crippen LogP contribution < -0.4 is 5.32 Å². The second kappa shape index (κ2) is 6.26. The Bertz CT molecular complexity index is 647. The molecular formula is C15H17ClFN3O. The lowest BCUT2D eigenvalue weighted by atomic mass is 10.1. The predicted octanol–water partition coefficient (Wildman–Crippen LogP) is 3.27. The minimum atomic E-state index is -0.438. The van der Waals surface area contributed by atoms with Gasteiger partial charge in [0.25, 0.3) is 5.91 Å². The zero-order chi connectivity index (χ0) is 15.6. The number of aryl methyl sites for hydroxylation is 1. The average molecular weight is 310 g/mol. The van der Waals surface area contributed by atoms with Gasteiger partial charge in [0.1, 0.15) is 11.5 Å². The highest BCUT2D eigenvalue weighted by molar-refractivity contribution is 6.31. The van der Waals surface area contributed by atoms with Crippen molar-refractivity contribution in [3.8, 4) is 0 Å². The lowest BCUT2D eigenvalue weighted by Gasteiger charge is -2.06. The van der Waals surface area contributed by atoms with Crippen LogP contribution in [0.15, 0.2) is 24.3 Å². The lowest BCUT2D eigenvalue weighted by molar-refractivity contribution is 0.0945. The van der Waals surface area contributed by atoms with Crippen molar-refractivity contribution in [3.63, 3.8) is 0 Å². The summed E-state index contributed by atoms with van der Waals surface area (Å²) >= 11 is 5.92. The molecule has 1 heterocycles. The maximum absolute atomic E-state index is 13.6. The third-order valence-corrected chi connectivity index (χ3v) is 3.58. The summed E-state index contributed by atoms with van der Waals surface area (Å²) in [5.41, 5.74) is 1.55. The Morgan fingerprint density at radius 1 is 1.48 bits per heavy atom. The van der Waals surface area contributed by atoms with Gasteiger partial charge in [-0.25, -0.2) is 4.39 Å². The zero-order valence-electron chi connectivity index (χ0n) is 12.2. The van der Waals surface area contributed by atoms with E-state index in [1.807, 2.05) is 13.8 Å². The van der Waals surface area contributed by atoms with E-state index in [2.05, 4.69) is 10.4 Å². The SMILES string of the molecule is CC(C)c1cc(C(=O)NCc2c(F)cccc2Cl)nn1C.